The molecule has 1 amide bonds. The van der Waals surface area contributed by atoms with E-state index in [1.165, 1.54) is 12.8 Å². The molecular weight excluding hydrogens is 216 g/mol. The highest BCUT2D eigenvalue weighted by Crippen LogP contribution is 2.25. The second kappa shape index (κ2) is 4.77. The van der Waals surface area contributed by atoms with Gasteiger partial charge in [0, 0.05) is 25.9 Å². The normalized spacial score (nSPS) is 24.6. The molecule has 0 radical (unpaired) electrons. The summed E-state index contributed by atoms with van der Waals surface area (Å²) < 4.78 is 0. The van der Waals surface area contributed by atoms with Crippen LogP contribution in [0, 0.1) is 0 Å². The Hall–Kier alpha value is -0.900. The summed E-state index contributed by atoms with van der Waals surface area (Å²) in [5.74, 6) is 0.319. The predicted molar refractivity (Wildman–Crippen MR) is 65.7 cm³/mol. The average molecular weight is 238 g/mol. The molecule has 4 nitrogen and oxygen atoms in total. The maximum atomic E-state index is 12.1. The van der Waals surface area contributed by atoms with E-state index < -0.39 is 5.54 Å². The van der Waals surface area contributed by atoms with Crippen LogP contribution in [0.2, 0.25) is 0 Å². The monoisotopic (exact) mass is 238 g/mol. The largest absolute Gasteiger partial charge is 0.330 e. The van der Waals surface area contributed by atoms with E-state index in [0.29, 0.717) is 19.4 Å². The Labute approximate surface area is 103 Å². The predicted octanol–water partition coefficient (Wildman–Crippen LogP) is 1.05. The van der Waals surface area contributed by atoms with Gasteiger partial charge in [0.2, 0.25) is 5.91 Å². The van der Waals surface area contributed by atoms with E-state index in [9.17, 15) is 9.59 Å². The molecule has 0 aromatic carbocycles. The highest BCUT2D eigenvalue weighted by molar-refractivity contribution is 5.95. The fourth-order valence-corrected chi connectivity index (χ4v) is 2.78. The van der Waals surface area contributed by atoms with Gasteiger partial charge in [0.25, 0.3) is 0 Å². The van der Waals surface area contributed by atoms with Crippen LogP contribution in [0.4, 0.5) is 0 Å². The number of ketones is 1. The van der Waals surface area contributed by atoms with Crippen molar-refractivity contribution in [3.8, 4) is 0 Å². The van der Waals surface area contributed by atoms with Crippen molar-refractivity contribution in [3.63, 3.8) is 0 Å². The first kappa shape index (κ1) is 12.6. The van der Waals surface area contributed by atoms with Gasteiger partial charge in [-0.3, -0.25) is 9.59 Å². The molecule has 2 fully saturated rings. The van der Waals surface area contributed by atoms with Crippen molar-refractivity contribution < 1.29 is 9.59 Å². The number of amides is 1. The zero-order chi connectivity index (χ0) is 12.5. The van der Waals surface area contributed by atoms with Gasteiger partial charge in [0.1, 0.15) is 0 Å². The summed E-state index contributed by atoms with van der Waals surface area (Å²) in [4.78, 5) is 27.9. The van der Waals surface area contributed by atoms with Gasteiger partial charge < -0.3 is 9.80 Å². The molecule has 4 heteroatoms. The number of hydrogen-bond acceptors (Lipinski definition) is 3. The summed E-state index contributed by atoms with van der Waals surface area (Å²) >= 11 is 0. The number of rotatable bonds is 3. The Balaban J connectivity index is 1.85. The number of carbonyl (C=O) groups excluding carboxylic acids is 2. The van der Waals surface area contributed by atoms with Gasteiger partial charge in [-0.05, 0) is 39.8 Å². The molecule has 0 saturated carbocycles. The van der Waals surface area contributed by atoms with Gasteiger partial charge >= 0.3 is 0 Å². The first-order chi connectivity index (χ1) is 8.01. The summed E-state index contributed by atoms with van der Waals surface area (Å²) in [6, 6.07) is 0. The molecule has 2 aliphatic rings. The fraction of sp³-hybridized carbons (Fsp3) is 0.846. The topological polar surface area (TPSA) is 40.6 Å². The van der Waals surface area contributed by atoms with E-state index in [1.807, 2.05) is 13.8 Å². The van der Waals surface area contributed by atoms with Crippen LogP contribution < -0.4 is 0 Å². The molecule has 2 heterocycles. The Morgan fingerprint density at radius 3 is 2.41 bits per heavy atom. The number of Topliss-reactive ketones (excluding diaryl/α,β-unsaturated/α-hetero) is 1. The van der Waals surface area contributed by atoms with Gasteiger partial charge in [-0.25, -0.2) is 0 Å². The van der Waals surface area contributed by atoms with Crippen LogP contribution in [-0.2, 0) is 9.59 Å². The fourth-order valence-electron chi connectivity index (χ4n) is 2.78. The summed E-state index contributed by atoms with van der Waals surface area (Å²) in [6.45, 7) is 7.40. The van der Waals surface area contributed by atoms with Crippen LogP contribution in [0.1, 0.15) is 39.5 Å². The minimum absolute atomic E-state index is 0.132. The van der Waals surface area contributed by atoms with Crippen LogP contribution in [0.5, 0.6) is 0 Å². The summed E-state index contributed by atoms with van der Waals surface area (Å²) in [6.07, 6.45) is 3.57. The highest BCUT2D eigenvalue weighted by Gasteiger charge is 2.42. The average Bonchev–Trinajstić information content (AvgIpc) is 2.86. The smallest absolute Gasteiger partial charge is 0.224 e. The van der Waals surface area contributed by atoms with E-state index in [2.05, 4.69) is 4.90 Å². The molecule has 0 atom stereocenters. The minimum atomic E-state index is -0.581. The van der Waals surface area contributed by atoms with Crippen molar-refractivity contribution in [3.05, 3.63) is 0 Å². The van der Waals surface area contributed by atoms with E-state index in [-0.39, 0.29) is 11.7 Å². The van der Waals surface area contributed by atoms with Crippen LogP contribution in [0.25, 0.3) is 0 Å². The SMILES string of the molecule is CC1(C)C(=O)CCN1C(=O)CCN1CCCC1. The zero-order valence-electron chi connectivity index (χ0n) is 10.9. The lowest BCUT2D eigenvalue weighted by Crippen LogP contribution is -2.47. The number of likely N-dealkylation sites (tertiary alicyclic amines) is 2. The number of carbonyl (C=O) groups is 2. The van der Waals surface area contributed by atoms with Crippen LogP contribution in [0.3, 0.4) is 0 Å². The number of nitrogens with zero attached hydrogens (tertiary/aromatic N) is 2. The Morgan fingerprint density at radius 1 is 1.24 bits per heavy atom. The van der Waals surface area contributed by atoms with E-state index in [0.717, 1.165) is 19.6 Å². The molecule has 0 aromatic heterocycles. The molecule has 0 spiro atoms. The van der Waals surface area contributed by atoms with E-state index in [4.69, 9.17) is 0 Å². The standard InChI is InChI=1S/C13H22N2O2/c1-13(2)11(16)5-10-15(13)12(17)6-9-14-7-3-4-8-14/h3-10H2,1-2H3. The lowest BCUT2D eigenvalue weighted by Gasteiger charge is -2.30. The van der Waals surface area contributed by atoms with Crippen molar-refractivity contribution in [2.24, 2.45) is 0 Å². The van der Waals surface area contributed by atoms with Gasteiger partial charge in [-0.15, -0.1) is 0 Å². The molecular formula is C13H22N2O2. The molecule has 0 N–H and O–H groups in total. The molecule has 0 aliphatic carbocycles. The Kier molecular flexibility index (Phi) is 3.52. The van der Waals surface area contributed by atoms with Crippen molar-refractivity contribution in [1.82, 2.24) is 9.80 Å². The molecule has 17 heavy (non-hydrogen) atoms. The highest BCUT2D eigenvalue weighted by atomic mass is 16.2. The summed E-state index contributed by atoms with van der Waals surface area (Å²) in [5, 5.41) is 0. The van der Waals surface area contributed by atoms with Gasteiger partial charge in [-0.1, -0.05) is 0 Å². The quantitative estimate of drug-likeness (QED) is 0.738. The minimum Gasteiger partial charge on any atom is -0.330 e. The Bertz CT molecular complexity index is 319. The van der Waals surface area contributed by atoms with Gasteiger partial charge in [0.05, 0.1) is 5.54 Å². The van der Waals surface area contributed by atoms with Crippen LogP contribution in [-0.4, -0.2) is 53.2 Å². The lowest BCUT2D eigenvalue weighted by molar-refractivity contribution is -0.139. The number of hydrogen-bond donors (Lipinski definition) is 0. The van der Waals surface area contributed by atoms with E-state index >= 15 is 0 Å². The molecule has 2 saturated heterocycles. The second-order valence-corrected chi connectivity index (χ2v) is 5.58. The van der Waals surface area contributed by atoms with Crippen LogP contribution in [0.15, 0.2) is 0 Å². The first-order valence-corrected chi connectivity index (χ1v) is 6.58. The molecule has 0 bridgehead atoms. The van der Waals surface area contributed by atoms with Crippen molar-refractivity contribution >= 4 is 11.7 Å². The van der Waals surface area contributed by atoms with Crippen LogP contribution >= 0.6 is 0 Å². The molecule has 0 aromatic rings. The lowest BCUT2D eigenvalue weighted by atomic mass is 10.0. The zero-order valence-corrected chi connectivity index (χ0v) is 10.9. The van der Waals surface area contributed by atoms with Crippen molar-refractivity contribution in [2.75, 3.05) is 26.2 Å². The maximum Gasteiger partial charge on any atom is 0.224 e. The molecule has 96 valence electrons. The molecule has 0 unspecified atom stereocenters. The van der Waals surface area contributed by atoms with Gasteiger partial charge in [-0.2, -0.15) is 0 Å². The van der Waals surface area contributed by atoms with Crippen molar-refractivity contribution in [1.29, 1.82) is 0 Å². The summed E-state index contributed by atoms with van der Waals surface area (Å²) in [7, 11) is 0. The molecule has 2 aliphatic heterocycles. The third-order valence-electron chi connectivity index (χ3n) is 4.06. The Morgan fingerprint density at radius 2 is 1.88 bits per heavy atom. The third-order valence-corrected chi connectivity index (χ3v) is 4.06. The summed E-state index contributed by atoms with van der Waals surface area (Å²) in [5.41, 5.74) is -0.581. The maximum absolute atomic E-state index is 12.1. The first-order valence-electron chi connectivity index (χ1n) is 6.58. The van der Waals surface area contributed by atoms with Crippen molar-refractivity contribution in [2.45, 2.75) is 45.1 Å². The van der Waals surface area contributed by atoms with E-state index in [1.54, 1.807) is 4.90 Å². The third kappa shape index (κ3) is 2.51. The second-order valence-electron chi connectivity index (χ2n) is 5.58. The molecule has 2 rings (SSSR count). The van der Waals surface area contributed by atoms with Gasteiger partial charge in [0.15, 0.2) is 5.78 Å².